The van der Waals surface area contributed by atoms with Gasteiger partial charge < -0.3 is 19.2 Å². The van der Waals surface area contributed by atoms with Crippen molar-refractivity contribution in [2.45, 2.75) is 45.9 Å². The molecule has 24 heavy (non-hydrogen) atoms. The van der Waals surface area contributed by atoms with Gasteiger partial charge in [0, 0.05) is 24.7 Å². The molecule has 2 aromatic heterocycles. The lowest BCUT2D eigenvalue weighted by atomic mass is 10.2. The second-order valence-corrected chi connectivity index (χ2v) is 6.07. The van der Waals surface area contributed by atoms with Crippen LogP contribution in [0.25, 0.3) is 0 Å². The summed E-state index contributed by atoms with van der Waals surface area (Å²) in [6, 6.07) is 2.22. The van der Waals surface area contributed by atoms with E-state index < -0.39 is 0 Å². The molecule has 1 atom stereocenters. The third-order valence-corrected chi connectivity index (χ3v) is 4.49. The molecule has 1 saturated heterocycles. The van der Waals surface area contributed by atoms with Crippen LogP contribution in [0.5, 0.6) is 0 Å². The second kappa shape index (κ2) is 6.89. The number of anilines is 1. The molecule has 3 rings (SSSR count). The number of amides is 1. The van der Waals surface area contributed by atoms with Gasteiger partial charge in [0.2, 0.25) is 5.91 Å². The third-order valence-electron chi connectivity index (χ3n) is 4.49. The Kier molecular flexibility index (Phi) is 4.67. The summed E-state index contributed by atoms with van der Waals surface area (Å²) in [5, 5.41) is 12.4. The number of nitrogens with one attached hydrogen (secondary N) is 1. The van der Waals surface area contributed by atoms with E-state index in [0.717, 1.165) is 30.7 Å². The lowest BCUT2D eigenvalue weighted by Gasteiger charge is -2.17. The molecule has 7 heteroatoms. The Bertz CT molecular complexity index is 764. The van der Waals surface area contributed by atoms with Gasteiger partial charge in [-0.05, 0) is 32.3 Å². The molecular formula is C17H21N5O2. The lowest BCUT2D eigenvalue weighted by molar-refractivity contribution is -0.116. The van der Waals surface area contributed by atoms with Gasteiger partial charge in [0.15, 0.2) is 0 Å². The summed E-state index contributed by atoms with van der Waals surface area (Å²) in [6.07, 6.45) is 7.13. The molecule has 1 aliphatic rings. The number of nitriles is 1. The van der Waals surface area contributed by atoms with E-state index in [4.69, 9.17) is 4.74 Å². The van der Waals surface area contributed by atoms with Gasteiger partial charge in [0.25, 0.3) is 0 Å². The first kappa shape index (κ1) is 16.3. The van der Waals surface area contributed by atoms with Crippen molar-refractivity contribution in [3.63, 3.8) is 0 Å². The van der Waals surface area contributed by atoms with Gasteiger partial charge in [-0.15, -0.1) is 0 Å². The fourth-order valence-corrected chi connectivity index (χ4v) is 3.07. The Hall–Kier alpha value is -2.59. The van der Waals surface area contributed by atoms with E-state index in [1.165, 1.54) is 0 Å². The summed E-state index contributed by atoms with van der Waals surface area (Å²) in [5.41, 5.74) is 2.40. The second-order valence-electron chi connectivity index (χ2n) is 6.07. The van der Waals surface area contributed by atoms with Crippen LogP contribution in [0.3, 0.4) is 0 Å². The van der Waals surface area contributed by atoms with Crippen molar-refractivity contribution in [3.8, 4) is 6.07 Å². The first-order valence-corrected chi connectivity index (χ1v) is 8.07. The quantitative estimate of drug-likeness (QED) is 0.910. The molecule has 0 aliphatic carbocycles. The molecule has 1 aliphatic heterocycles. The first-order chi connectivity index (χ1) is 11.6. The molecule has 1 fully saturated rings. The Balaban J connectivity index is 1.85. The number of carbonyl (C=O) groups is 1. The summed E-state index contributed by atoms with van der Waals surface area (Å²) >= 11 is 0. The number of ether oxygens (including phenoxy) is 1. The zero-order valence-corrected chi connectivity index (χ0v) is 14.0. The highest BCUT2D eigenvalue weighted by molar-refractivity contribution is 5.91. The van der Waals surface area contributed by atoms with Crippen LogP contribution in [0.4, 0.5) is 5.82 Å². The van der Waals surface area contributed by atoms with Crippen molar-refractivity contribution < 1.29 is 9.53 Å². The maximum absolute atomic E-state index is 12.3. The molecule has 1 unspecified atom stereocenters. The molecule has 126 valence electrons. The SMILES string of the molecule is Cc1c(C#N)c(NC(=O)Cn2ccnc2)n(CC2CCCO2)c1C. The summed E-state index contributed by atoms with van der Waals surface area (Å²) < 4.78 is 9.40. The lowest BCUT2D eigenvalue weighted by Crippen LogP contribution is -2.23. The van der Waals surface area contributed by atoms with E-state index in [1.807, 2.05) is 18.4 Å². The predicted molar refractivity (Wildman–Crippen MR) is 88.5 cm³/mol. The topological polar surface area (TPSA) is 84.9 Å². The third kappa shape index (κ3) is 3.19. The molecule has 0 radical (unpaired) electrons. The average Bonchev–Trinajstić information content (AvgIpc) is 3.28. The van der Waals surface area contributed by atoms with Crippen molar-refractivity contribution in [1.82, 2.24) is 14.1 Å². The number of aromatic nitrogens is 3. The molecule has 0 bridgehead atoms. The monoisotopic (exact) mass is 327 g/mol. The Labute approximate surface area is 140 Å². The minimum absolute atomic E-state index is 0.131. The van der Waals surface area contributed by atoms with Gasteiger partial charge in [0.1, 0.15) is 18.4 Å². The maximum Gasteiger partial charge on any atom is 0.245 e. The van der Waals surface area contributed by atoms with Gasteiger partial charge in [-0.25, -0.2) is 4.98 Å². The molecule has 3 heterocycles. The summed E-state index contributed by atoms with van der Waals surface area (Å²) in [4.78, 5) is 16.3. The Morgan fingerprint density at radius 1 is 1.54 bits per heavy atom. The van der Waals surface area contributed by atoms with Crippen LogP contribution in [0, 0.1) is 25.2 Å². The van der Waals surface area contributed by atoms with Crippen LogP contribution in [0.2, 0.25) is 0 Å². The zero-order chi connectivity index (χ0) is 17.1. The van der Waals surface area contributed by atoms with E-state index in [2.05, 4.69) is 16.4 Å². The van der Waals surface area contributed by atoms with Gasteiger partial charge in [-0.3, -0.25) is 4.79 Å². The fraction of sp³-hybridized carbons (Fsp3) is 0.471. The van der Waals surface area contributed by atoms with Crippen molar-refractivity contribution >= 4 is 11.7 Å². The summed E-state index contributed by atoms with van der Waals surface area (Å²) in [7, 11) is 0. The van der Waals surface area contributed by atoms with Crippen LogP contribution >= 0.6 is 0 Å². The molecule has 2 aromatic rings. The molecule has 0 aromatic carbocycles. The van der Waals surface area contributed by atoms with Crippen LogP contribution in [0.15, 0.2) is 18.7 Å². The van der Waals surface area contributed by atoms with E-state index in [9.17, 15) is 10.1 Å². The number of hydrogen-bond donors (Lipinski definition) is 1. The Morgan fingerprint density at radius 3 is 3.00 bits per heavy atom. The number of nitrogens with zero attached hydrogens (tertiary/aromatic N) is 4. The number of rotatable bonds is 5. The van der Waals surface area contributed by atoms with E-state index >= 15 is 0 Å². The molecular weight excluding hydrogens is 306 g/mol. The molecule has 0 spiro atoms. The number of imidazole rings is 1. The Morgan fingerprint density at radius 2 is 2.38 bits per heavy atom. The highest BCUT2D eigenvalue weighted by Crippen LogP contribution is 2.28. The average molecular weight is 327 g/mol. The number of hydrogen-bond acceptors (Lipinski definition) is 4. The minimum atomic E-state index is -0.185. The highest BCUT2D eigenvalue weighted by atomic mass is 16.5. The first-order valence-electron chi connectivity index (χ1n) is 8.07. The van der Waals surface area contributed by atoms with Crippen molar-refractivity contribution in [2.24, 2.45) is 0 Å². The summed E-state index contributed by atoms with van der Waals surface area (Å²) in [6.45, 7) is 5.46. The number of carbonyl (C=O) groups excluding carboxylic acids is 1. The van der Waals surface area contributed by atoms with Crippen molar-refractivity contribution in [1.29, 1.82) is 5.26 Å². The van der Waals surface area contributed by atoms with Crippen LogP contribution in [0.1, 0.15) is 29.7 Å². The van der Waals surface area contributed by atoms with Crippen molar-refractivity contribution in [3.05, 3.63) is 35.5 Å². The fourth-order valence-electron chi connectivity index (χ4n) is 3.07. The summed E-state index contributed by atoms with van der Waals surface area (Å²) in [5.74, 6) is 0.378. The predicted octanol–water partition coefficient (Wildman–Crippen LogP) is 1.99. The standard InChI is InChI=1S/C17H21N5O2/c1-12-13(2)22(9-14-4-3-7-24-14)17(15(12)8-18)20-16(23)10-21-6-5-19-11-21/h5-6,11,14H,3-4,7,9-10H2,1-2H3,(H,20,23). The van der Waals surface area contributed by atoms with Crippen LogP contribution < -0.4 is 5.32 Å². The van der Waals surface area contributed by atoms with Crippen molar-refractivity contribution in [2.75, 3.05) is 11.9 Å². The maximum atomic E-state index is 12.3. The zero-order valence-electron chi connectivity index (χ0n) is 14.0. The van der Waals surface area contributed by atoms with Gasteiger partial charge in [0.05, 0.1) is 24.5 Å². The van der Waals surface area contributed by atoms with E-state index in [-0.39, 0.29) is 18.6 Å². The van der Waals surface area contributed by atoms with Gasteiger partial charge in [-0.2, -0.15) is 5.26 Å². The van der Waals surface area contributed by atoms with Gasteiger partial charge in [-0.1, -0.05) is 0 Å². The largest absolute Gasteiger partial charge is 0.376 e. The van der Waals surface area contributed by atoms with Crippen LogP contribution in [-0.4, -0.2) is 32.7 Å². The van der Waals surface area contributed by atoms with E-state index in [0.29, 0.717) is 17.9 Å². The molecule has 1 amide bonds. The van der Waals surface area contributed by atoms with Gasteiger partial charge >= 0.3 is 0 Å². The minimum Gasteiger partial charge on any atom is -0.376 e. The van der Waals surface area contributed by atoms with Crippen LogP contribution in [-0.2, 0) is 22.6 Å². The molecule has 1 N–H and O–H groups in total. The normalized spacial score (nSPS) is 17.0. The molecule has 7 nitrogen and oxygen atoms in total. The van der Waals surface area contributed by atoms with E-state index in [1.54, 1.807) is 23.3 Å². The molecule has 0 saturated carbocycles. The highest BCUT2D eigenvalue weighted by Gasteiger charge is 2.23. The smallest absolute Gasteiger partial charge is 0.245 e.